The maximum Gasteiger partial charge on any atom is 0.355 e. The molecule has 0 atom stereocenters. The van der Waals surface area contributed by atoms with Gasteiger partial charge in [-0.15, -0.1) is 0 Å². The molecule has 0 aliphatic carbocycles. The van der Waals surface area contributed by atoms with Gasteiger partial charge in [-0.1, -0.05) is 38.5 Å². The van der Waals surface area contributed by atoms with E-state index in [1.54, 1.807) is 0 Å². The molecule has 150 valence electrons. The van der Waals surface area contributed by atoms with Gasteiger partial charge in [0.15, 0.2) is 0 Å². The quantitative estimate of drug-likeness (QED) is 0.238. The topological polar surface area (TPSA) is 127 Å². The fourth-order valence-electron chi connectivity index (χ4n) is 2.33. The monoisotopic (exact) mass is 374 g/mol. The van der Waals surface area contributed by atoms with Crippen molar-refractivity contribution in [3.05, 3.63) is 0 Å². The molecule has 0 aromatic rings. The molecule has 0 aliphatic heterocycles. The predicted octanol–water partition coefficient (Wildman–Crippen LogP) is 3.62. The lowest BCUT2D eigenvalue weighted by Gasteiger charge is -2.04. The van der Waals surface area contributed by atoms with Gasteiger partial charge in [-0.25, -0.2) is 19.4 Å². The van der Waals surface area contributed by atoms with Crippen LogP contribution in [0.25, 0.3) is 0 Å². The first kappa shape index (κ1) is 23.9. The average Bonchev–Trinajstić information content (AvgIpc) is 2.57. The molecule has 0 radical (unpaired) electrons. The first-order chi connectivity index (χ1) is 12.4. The van der Waals surface area contributed by atoms with Crippen LogP contribution in [-0.4, -0.2) is 34.1 Å². The van der Waals surface area contributed by atoms with Crippen LogP contribution in [0.5, 0.6) is 0 Å². The van der Waals surface area contributed by atoms with Crippen LogP contribution < -0.4 is 0 Å². The van der Waals surface area contributed by atoms with Gasteiger partial charge in [0.2, 0.25) is 0 Å². The van der Waals surface area contributed by atoms with Gasteiger partial charge >= 0.3 is 23.9 Å². The Labute approximate surface area is 153 Å². The van der Waals surface area contributed by atoms with E-state index < -0.39 is 23.9 Å². The van der Waals surface area contributed by atoms with Gasteiger partial charge in [-0.05, 0) is 25.7 Å². The highest BCUT2D eigenvalue weighted by molar-refractivity contribution is 5.72. The summed E-state index contributed by atoms with van der Waals surface area (Å²) in [5.41, 5.74) is 0. The van der Waals surface area contributed by atoms with E-state index in [4.69, 9.17) is 10.2 Å². The summed E-state index contributed by atoms with van der Waals surface area (Å²) >= 11 is 0. The van der Waals surface area contributed by atoms with Crippen LogP contribution >= 0.6 is 0 Å². The first-order valence-corrected chi connectivity index (χ1v) is 9.25. The lowest BCUT2D eigenvalue weighted by molar-refractivity contribution is -0.259. The zero-order chi connectivity index (χ0) is 19.6. The van der Waals surface area contributed by atoms with Gasteiger partial charge in [0.05, 0.1) is 12.8 Å². The smallest absolute Gasteiger partial charge is 0.355 e. The number of hydrogen-bond donors (Lipinski definition) is 2. The molecule has 0 spiro atoms. The molecule has 0 aromatic heterocycles. The van der Waals surface area contributed by atoms with E-state index in [-0.39, 0.29) is 25.7 Å². The molecule has 8 heteroatoms. The van der Waals surface area contributed by atoms with Crippen LogP contribution in [-0.2, 0) is 29.0 Å². The molecule has 0 amide bonds. The van der Waals surface area contributed by atoms with E-state index in [1.165, 1.54) is 0 Å². The van der Waals surface area contributed by atoms with Crippen LogP contribution in [0.15, 0.2) is 0 Å². The van der Waals surface area contributed by atoms with Gasteiger partial charge in [-0.2, -0.15) is 0 Å². The van der Waals surface area contributed by atoms with Crippen LogP contribution in [0.4, 0.5) is 0 Å². The Morgan fingerprint density at radius 2 is 0.731 bits per heavy atom. The summed E-state index contributed by atoms with van der Waals surface area (Å²) in [7, 11) is 0. The molecule has 0 heterocycles. The molecule has 0 fully saturated rings. The Morgan fingerprint density at radius 3 is 1.04 bits per heavy atom. The van der Waals surface area contributed by atoms with Crippen molar-refractivity contribution in [3.8, 4) is 0 Å². The van der Waals surface area contributed by atoms with Crippen molar-refractivity contribution in [1.82, 2.24) is 0 Å². The van der Waals surface area contributed by atoms with Crippen molar-refractivity contribution in [1.29, 1.82) is 0 Å². The summed E-state index contributed by atoms with van der Waals surface area (Å²) in [6.45, 7) is 0. The molecule has 2 N–H and O–H groups in total. The number of carbonyl (C=O) groups is 4. The van der Waals surface area contributed by atoms with Crippen molar-refractivity contribution in [2.45, 2.75) is 89.9 Å². The number of rotatable bonds is 16. The lowest BCUT2D eigenvalue weighted by atomic mass is 10.1. The fourth-order valence-corrected chi connectivity index (χ4v) is 2.33. The van der Waals surface area contributed by atoms with Crippen molar-refractivity contribution in [3.63, 3.8) is 0 Å². The molecule has 0 bridgehead atoms. The van der Waals surface area contributed by atoms with Gasteiger partial charge in [0, 0.05) is 12.8 Å². The highest BCUT2D eigenvalue weighted by atomic mass is 17.2. The largest absolute Gasteiger partial charge is 0.481 e. The van der Waals surface area contributed by atoms with Gasteiger partial charge in [-0.3, -0.25) is 9.59 Å². The Bertz CT molecular complexity index is 393. The second-order valence-corrected chi connectivity index (χ2v) is 6.23. The van der Waals surface area contributed by atoms with Crippen molar-refractivity contribution < 1.29 is 39.2 Å². The minimum atomic E-state index is -0.798. The second kappa shape index (κ2) is 16.4. The van der Waals surface area contributed by atoms with Crippen LogP contribution in [0.2, 0.25) is 0 Å². The molecular weight excluding hydrogens is 344 g/mol. The maximum atomic E-state index is 11.4. The van der Waals surface area contributed by atoms with Crippen LogP contribution in [0.3, 0.4) is 0 Å². The Hall–Kier alpha value is -2.12. The van der Waals surface area contributed by atoms with E-state index in [9.17, 15) is 19.2 Å². The normalized spacial score (nSPS) is 10.3. The number of carboxylic acid groups (broad SMARTS) is 2. The molecule has 0 aromatic carbocycles. The minimum Gasteiger partial charge on any atom is -0.481 e. The van der Waals surface area contributed by atoms with Gasteiger partial charge in [0.25, 0.3) is 0 Å². The number of unbranched alkanes of at least 4 members (excludes halogenated alkanes) is 8. The first-order valence-electron chi connectivity index (χ1n) is 9.25. The van der Waals surface area contributed by atoms with E-state index in [0.29, 0.717) is 25.7 Å². The van der Waals surface area contributed by atoms with Crippen LogP contribution in [0.1, 0.15) is 89.9 Å². The fraction of sp³-hybridized carbons (Fsp3) is 0.778. The third-order valence-electron chi connectivity index (χ3n) is 3.77. The molecular formula is C18H30O8. The zero-order valence-electron chi connectivity index (χ0n) is 15.2. The van der Waals surface area contributed by atoms with Gasteiger partial charge < -0.3 is 10.2 Å². The van der Waals surface area contributed by atoms with E-state index in [1.807, 2.05) is 0 Å². The molecule has 26 heavy (non-hydrogen) atoms. The molecule has 0 saturated carbocycles. The molecule has 0 unspecified atom stereocenters. The lowest BCUT2D eigenvalue weighted by Crippen LogP contribution is -2.11. The average molecular weight is 374 g/mol. The summed E-state index contributed by atoms with van der Waals surface area (Å²) in [4.78, 5) is 52.4. The number of aliphatic carboxylic acids is 2. The Kier molecular flexibility index (Phi) is 15.0. The van der Waals surface area contributed by atoms with Gasteiger partial charge in [0.1, 0.15) is 0 Å². The van der Waals surface area contributed by atoms with E-state index >= 15 is 0 Å². The van der Waals surface area contributed by atoms with Crippen molar-refractivity contribution in [2.24, 2.45) is 0 Å². The molecule has 0 saturated heterocycles. The van der Waals surface area contributed by atoms with Crippen molar-refractivity contribution >= 4 is 23.9 Å². The summed E-state index contributed by atoms with van der Waals surface area (Å²) < 4.78 is 0. The number of hydrogen-bond acceptors (Lipinski definition) is 6. The third-order valence-corrected chi connectivity index (χ3v) is 3.77. The highest BCUT2D eigenvalue weighted by Gasteiger charge is 2.09. The summed E-state index contributed by atoms with van der Waals surface area (Å²) in [5, 5.41) is 17.0. The Balaban J connectivity index is 3.40. The third kappa shape index (κ3) is 18.2. The van der Waals surface area contributed by atoms with Crippen LogP contribution in [0, 0.1) is 0 Å². The SMILES string of the molecule is O=C(O)CCCCCCCC(=O)OOC(=O)CCCCCCCC(=O)O. The molecule has 0 aliphatic rings. The van der Waals surface area contributed by atoms with Crippen molar-refractivity contribution in [2.75, 3.05) is 0 Å². The Morgan fingerprint density at radius 1 is 0.462 bits per heavy atom. The molecule has 8 nitrogen and oxygen atoms in total. The van der Waals surface area contributed by atoms with E-state index in [0.717, 1.165) is 38.5 Å². The number of carbonyl (C=O) groups excluding carboxylic acids is 2. The van der Waals surface area contributed by atoms with E-state index in [2.05, 4.69) is 9.78 Å². The number of carboxylic acids is 2. The summed E-state index contributed by atoms with van der Waals surface area (Å²) in [6.07, 6.45) is 8.08. The second-order valence-electron chi connectivity index (χ2n) is 6.23. The summed E-state index contributed by atoms with van der Waals surface area (Å²) in [6, 6.07) is 0. The standard InChI is InChI=1S/C18H30O8/c19-15(20)11-7-3-1-5-9-13-17(23)25-26-18(24)14-10-6-2-4-8-12-16(21)22/h1-14H2,(H,19,20)(H,21,22). The summed E-state index contributed by atoms with van der Waals surface area (Å²) in [5.74, 6) is -2.77. The maximum absolute atomic E-state index is 11.4. The highest BCUT2D eigenvalue weighted by Crippen LogP contribution is 2.09. The zero-order valence-corrected chi connectivity index (χ0v) is 15.2. The minimum absolute atomic E-state index is 0.162. The molecule has 0 rings (SSSR count). The predicted molar refractivity (Wildman–Crippen MR) is 92.1 cm³/mol.